The molecule has 0 aliphatic heterocycles. The van der Waals surface area contributed by atoms with Gasteiger partial charge in [0.15, 0.2) is 0 Å². The van der Waals surface area contributed by atoms with Crippen LogP contribution >= 0.6 is 23.2 Å². The molecule has 1 fully saturated rings. The molecule has 1 nitrogen and oxygen atoms in total. The summed E-state index contributed by atoms with van der Waals surface area (Å²) in [5.41, 5.74) is 1.24. The molecule has 1 N–H and O–H groups in total. The topological polar surface area (TPSA) is 12.0 Å². The maximum atomic E-state index is 6.15. The SMILES string of the molecule is CCNC(c1cc(Cl)cc(Cl)c1)C1CCCCCC1. The lowest BCUT2D eigenvalue weighted by Crippen LogP contribution is -2.28. The number of halogens is 2. The van der Waals surface area contributed by atoms with Crippen LogP contribution in [0, 0.1) is 5.92 Å². The van der Waals surface area contributed by atoms with E-state index >= 15 is 0 Å². The summed E-state index contributed by atoms with van der Waals surface area (Å²) in [4.78, 5) is 0. The summed E-state index contributed by atoms with van der Waals surface area (Å²) < 4.78 is 0. The Labute approximate surface area is 126 Å². The first-order valence-corrected chi connectivity index (χ1v) is 8.15. The zero-order valence-corrected chi connectivity index (χ0v) is 13.1. The largest absolute Gasteiger partial charge is 0.310 e. The third kappa shape index (κ3) is 4.37. The van der Waals surface area contributed by atoms with Gasteiger partial charge in [0.05, 0.1) is 0 Å². The summed E-state index contributed by atoms with van der Waals surface area (Å²) >= 11 is 12.3. The molecular weight excluding hydrogens is 277 g/mol. The lowest BCUT2D eigenvalue weighted by atomic mass is 9.87. The number of rotatable bonds is 4. The highest BCUT2D eigenvalue weighted by Crippen LogP contribution is 2.35. The van der Waals surface area contributed by atoms with Crippen LogP contribution in [0.3, 0.4) is 0 Å². The van der Waals surface area contributed by atoms with Crippen LogP contribution in [0.25, 0.3) is 0 Å². The smallest absolute Gasteiger partial charge is 0.0424 e. The predicted molar refractivity (Wildman–Crippen MR) is 84.1 cm³/mol. The van der Waals surface area contributed by atoms with Crippen LogP contribution < -0.4 is 5.32 Å². The maximum absolute atomic E-state index is 6.15. The van der Waals surface area contributed by atoms with E-state index in [1.54, 1.807) is 0 Å². The molecule has 0 spiro atoms. The van der Waals surface area contributed by atoms with Crippen molar-refractivity contribution in [3.63, 3.8) is 0 Å². The molecule has 1 saturated carbocycles. The van der Waals surface area contributed by atoms with Crippen molar-refractivity contribution >= 4 is 23.2 Å². The van der Waals surface area contributed by atoms with E-state index in [0.717, 1.165) is 16.6 Å². The van der Waals surface area contributed by atoms with E-state index in [2.05, 4.69) is 24.4 Å². The lowest BCUT2D eigenvalue weighted by molar-refractivity contribution is 0.330. The van der Waals surface area contributed by atoms with Gasteiger partial charge in [0.2, 0.25) is 0 Å². The molecule has 0 bridgehead atoms. The Kier molecular flexibility index (Phi) is 6.00. The average molecular weight is 300 g/mol. The van der Waals surface area contributed by atoms with Crippen molar-refractivity contribution in [2.45, 2.75) is 51.5 Å². The van der Waals surface area contributed by atoms with Gasteiger partial charge in [-0.15, -0.1) is 0 Å². The number of hydrogen-bond acceptors (Lipinski definition) is 1. The van der Waals surface area contributed by atoms with Crippen LogP contribution in [0.15, 0.2) is 18.2 Å². The Hall–Kier alpha value is -0.240. The van der Waals surface area contributed by atoms with Gasteiger partial charge >= 0.3 is 0 Å². The van der Waals surface area contributed by atoms with Crippen LogP contribution in [0.5, 0.6) is 0 Å². The second-order valence-electron chi connectivity index (χ2n) is 5.49. The molecule has 3 heteroatoms. The van der Waals surface area contributed by atoms with Crippen molar-refractivity contribution in [1.82, 2.24) is 5.32 Å². The fraction of sp³-hybridized carbons (Fsp3) is 0.625. The molecule has 1 aliphatic carbocycles. The number of nitrogens with one attached hydrogen (secondary N) is 1. The van der Waals surface area contributed by atoms with E-state index in [1.165, 1.54) is 44.1 Å². The highest BCUT2D eigenvalue weighted by Gasteiger charge is 2.24. The molecular formula is C16H23Cl2N. The summed E-state index contributed by atoms with van der Waals surface area (Å²) in [6, 6.07) is 6.32. The normalized spacial score (nSPS) is 19.1. The van der Waals surface area contributed by atoms with Gasteiger partial charge in [-0.25, -0.2) is 0 Å². The van der Waals surface area contributed by atoms with E-state index in [0.29, 0.717) is 12.0 Å². The molecule has 1 atom stereocenters. The molecule has 1 aromatic carbocycles. The minimum Gasteiger partial charge on any atom is -0.310 e. The minimum absolute atomic E-state index is 0.388. The van der Waals surface area contributed by atoms with Gasteiger partial charge in [0, 0.05) is 16.1 Å². The Morgan fingerprint density at radius 1 is 1.05 bits per heavy atom. The standard InChI is InChI=1S/C16H23Cl2N/c1-2-19-16(12-7-5-3-4-6-8-12)13-9-14(17)11-15(18)10-13/h9-12,16,19H,2-8H2,1H3. The summed E-state index contributed by atoms with van der Waals surface area (Å²) in [6.45, 7) is 3.14. The third-order valence-corrected chi connectivity index (χ3v) is 4.48. The van der Waals surface area contributed by atoms with E-state index in [4.69, 9.17) is 23.2 Å². The molecule has 0 radical (unpaired) electrons. The molecule has 1 aliphatic rings. The Morgan fingerprint density at radius 3 is 2.16 bits per heavy atom. The van der Waals surface area contributed by atoms with Crippen molar-refractivity contribution in [3.8, 4) is 0 Å². The average Bonchev–Trinajstić information content (AvgIpc) is 2.63. The summed E-state index contributed by atoms with van der Waals surface area (Å²) in [7, 11) is 0. The van der Waals surface area contributed by atoms with Gasteiger partial charge in [0.1, 0.15) is 0 Å². The second-order valence-corrected chi connectivity index (χ2v) is 6.36. The van der Waals surface area contributed by atoms with E-state index in [1.807, 2.05) is 6.07 Å². The quantitative estimate of drug-likeness (QED) is 0.712. The first-order chi connectivity index (χ1) is 9.20. The molecule has 19 heavy (non-hydrogen) atoms. The second kappa shape index (κ2) is 7.52. The zero-order valence-electron chi connectivity index (χ0n) is 11.6. The Balaban J connectivity index is 2.22. The molecule has 1 unspecified atom stereocenters. The van der Waals surface area contributed by atoms with Crippen LogP contribution in [0.4, 0.5) is 0 Å². The first-order valence-electron chi connectivity index (χ1n) is 7.40. The molecule has 0 heterocycles. The monoisotopic (exact) mass is 299 g/mol. The van der Waals surface area contributed by atoms with Gasteiger partial charge in [-0.3, -0.25) is 0 Å². The van der Waals surface area contributed by atoms with Gasteiger partial charge in [0.25, 0.3) is 0 Å². The van der Waals surface area contributed by atoms with Gasteiger partial charge in [-0.2, -0.15) is 0 Å². The number of hydrogen-bond donors (Lipinski definition) is 1. The zero-order chi connectivity index (χ0) is 13.7. The Morgan fingerprint density at radius 2 is 1.63 bits per heavy atom. The van der Waals surface area contributed by atoms with Crippen LogP contribution in [0.2, 0.25) is 10.0 Å². The first kappa shape index (κ1) is 15.2. The maximum Gasteiger partial charge on any atom is 0.0424 e. The van der Waals surface area contributed by atoms with Crippen LogP contribution in [-0.4, -0.2) is 6.54 Å². The van der Waals surface area contributed by atoms with Crippen molar-refractivity contribution in [1.29, 1.82) is 0 Å². The van der Waals surface area contributed by atoms with E-state index < -0.39 is 0 Å². The fourth-order valence-corrected chi connectivity index (χ4v) is 3.72. The highest BCUT2D eigenvalue weighted by atomic mass is 35.5. The summed E-state index contributed by atoms with van der Waals surface area (Å²) in [6.07, 6.45) is 8.07. The van der Waals surface area contributed by atoms with Gasteiger partial charge < -0.3 is 5.32 Å². The van der Waals surface area contributed by atoms with E-state index in [9.17, 15) is 0 Å². The Bertz CT molecular complexity index is 377. The fourth-order valence-electron chi connectivity index (χ4n) is 3.18. The van der Waals surface area contributed by atoms with Gasteiger partial charge in [-0.05, 0) is 49.1 Å². The highest BCUT2D eigenvalue weighted by molar-refractivity contribution is 6.34. The third-order valence-electron chi connectivity index (χ3n) is 4.04. The minimum atomic E-state index is 0.388. The van der Waals surface area contributed by atoms with E-state index in [-0.39, 0.29) is 0 Å². The molecule has 0 aromatic heterocycles. The van der Waals surface area contributed by atoms with Crippen molar-refractivity contribution in [3.05, 3.63) is 33.8 Å². The van der Waals surface area contributed by atoms with Gasteiger partial charge in [-0.1, -0.05) is 55.8 Å². The molecule has 0 amide bonds. The molecule has 2 rings (SSSR count). The van der Waals surface area contributed by atoms with Crippen molar-refractivity contribution < 1.29 is 0 Å². The predicted octanol–water partition coefficient (Wildman–Crippen LogP) is 5.61. The van der Waals surface area contributed by atoms with Crippen molar-refractivity contribution in [2.24, 2.45) is 5.92 Å². The molecule has 1 aromatic rings. The lowest BCUT2D eigenvalue weighted by Gasteiger charge is -2.27. The summed E-state index contributed by atoms with van der Waals surface area (Å²) in [5.74, 6) is 0.706. The summed E-state index contributed by atoms with van der Waals surface area (Å²) in [5, 5.41) is 5.10. The van der Waals surface area contributed by atoms with Crippen LogP contribution in [-0.2, 0) is 0 Å². The van der Waals surface area contributed by atoms with Crippen LogP contribution in [0.1, 0.15) is 57.1 Å². The van der Waals surface area contributed by atoms with Crippen molar-refractivity contribution in [2.75, 3.05) is 6.54 Å². The molecule has 106 valence electrons. The molecule has 0 saturated heterocycles. The number of benzene rings is 1.